The van der Waals surface area contributed by atoms with E-state index < -0.39 is 11.6 Å². The molecule has 0 aliphatic rings. The molecule has 0 spiro atoms. The molecule has 0 bridgehead atoms. The summed E-state index contributed by atoms with van der Waals surface area (Å²) < 4.78 is 5.02. The summed E-state index contributed by atoms with van der Waals surface area (Å²) in [4.78, 5) is 11.9. The third kappa shape index (κ3) is 5.18. The molecule has 1 atom stereocenters. The number of hydrogen-bond acceptors (Lipinski definition) is 4. The molecule has 4 heteroatoms. The normalized spacial score (nSPS) is 13.3. The van der Waals surface area contributed by atoms with E-state index >= 15 is 0 Å². The summed E-state index contributed by atoms with van der Waals surface area (Å²) in [5.41, 5.74) is 1.64. The van der Waals surface area contributed by atoms with Gasteiger partial charge in [0.25, 0.3) is 0 Å². The molecule has 0 amide bonds. The Balaban J connectivity index is 2.09. The average Bonchev–Trinajstić information content (AvgIpc) is 2.56. The molecule has 0 aliphatic carbocycles. The van der Waals surface area contributed by atoms with Crippen LogP contribution in [0.1, 0.15) is 30.0 Å². The second kappa shape index (κ2) is 8.62. The maximum atomic E-state index is 11.9. The minimum Gasteiger partial charge on any atom is -0.466 e. The molecular formula is C20H25NO3. The van der Waals surface area contributed by atoms with E-state index in [0.29, 0.717) is 18.7 Å². The first-order valence-electron chi connectivity index (χ1n) is 8.23. The van der Waals surface area contributed by atoms with Crippen molar-refractivity contribution in [2.24, 2.45) is 0 Å². The highest BCUT2D eigenvalue weighted by Crippen LogP contribution is 2.25. The van der Waals surface area contributed by atoms with Crippen molar-refractivity contribution in [1.29, 1.82) is 0 Å². The number of rotatable bonds is 8. The summed E-state index contributed by atoms with van der Waals surface area (Å²) in [5.74, 6) is -0.401. The smallest absolute Gasteiger partial charge is 0.309 e. The maximum Gasteiger partial charge on any atom is 0.309 e. The molecule has 0 fully saturated rings. The first-order valence-corrected chi connectivity index (χ1v) is 8.23. The maximum absolute atomic E-state index is 11.9. The number of esters is 1. The lowest BCUT2D eigenvalue weighted by Gasteiger charge is -2.28. The van der Waals surface area contributed by atoms with E-state index in [-0.39, 0.29) is 13.0 Å². The third-order valence-electron chi connectivity index (χ3n) is 3.92. The summed E-state index contributed by atoms with van der Waals surface area (Å²) in [6, 6.07) is 17.5. The number of carbonyl (C=O) groups excluding carboxylic acids is 1. The second-order valence-corrected chi connectivity index (χ2v) is 5.97. The van der Waals surface area contributed by atoms with Crippen LogP contribution >= 0.6 is 0 Å². The fraction of sp³-hybridized carbons (Fsp3) is 0.350. The van der Waals surface area contributed by atoms with Gasteiger partial charge in [-0.3, -0.25) is 4.79 Å². The molecule has 0 aromatic heterocycles. The first-order chi connectivity index (χ1) is 11.5. The Bertz CT molecular complexity index is 640. The zero-order chi connectivity index (χ0) is 17.4. The van der Waals surface area contributed by atoms with Crippen LogP contribution in [0.2, 0.25) is 0 Å². The van der Waals surface area contributed by atoms with Gasteiger partial charge in [0.15, 0.2) is 0 Å². The van der Waals surface area contributed by atoms with Crippen LogP contribution in [0.3, 0.4) is 0 Å². The second-order valence-electron chi connectivity index (χ2n) is 5.97. The van der Waals surface area contributed by atoms with Crippen molar-refractivity contribution in [2.75, 3.05) is 13.2 Å². The minimum absolute atomic E-state index is 0.0777. The van der Waals surface area contributed by atoms with Gasteiger partial charge < -0.3 is 15.2 Å². The van der Waals surface area contributed by atoms with E-state index in [1.54, 1.807) is 6.92 Å². The zero-order valence-electron chi connectivity index (χ0n) is 14.3. The summed E-state index contributed by atoms with van der Waals surface area (Å²) in [7, 11) is 0. The SMILES string of the molecule is CCOC(=O)CC(O)(CNCc1ccccc1)c1ccc(C)cc1. The van der Waals surface area contributed by atoms with E-state index in [0.717, 1.165) is 11.1 Å². The van der Waals surface area contributed by atoms with Gasteiger partial charge in [0, 0.05) is 13.1 Å². The molecule has 2 aromatic rings. The number of benzene rings is 2. The highest BCUT2D eigenvalue weighted by Gasteiger charge is 2.32. The summed E-state index contributed by atoms with van der Waals surface area (Å²) in [6.45, 7) is 4.94. The van der Waals surface area contributed by atoms with E-state index in [9.17, 15) is 9.90 Å². The van der Waals surface area contributed by atoms with Gasteiger partial charge in [-0.25, -0.2) is 0 Å². The van der Waals surface area contributed by atoms with Crippen molar-refractivity contribution >= 4 is 5.97 Å². The van der Waals surface area contributed by atoms with E-state index in [1.807, 2.05) is 61.5 Å². The van der Waals surface area contributed by atoms with Crippen LogP contribution in [0, 0.1) is 6.92 Å². The van der Waals surface area contributed by atoms with E-state index in [2.05, 4.69) is 5.32 Å². The van der Waals surface area contributed by atoms with Gasteiger partial charge in [-0.1, -0.05) is 60.2 Å². The molecule has 0 aliphatic heterocycles. The molecule has 24 heavy (non-hydrogen) atoms. The molecule has 2 rings (SSSR count). The Morgan fingerprint density at radius 1 is 1.12 bits per heavy atom. The van der Waals surface area contributed by atoms with Crippen LogP contribution < -0.4 is 5.32 Å². The van der Waals surface area contributed by atoms with Crippen molar-refractivity contribution in [3.8, 4) is 0 Å². The van der Waals surface area contributed by atoms with Gasteiger partial charge in [-0.05, 0) is 25.0 Å². The van der Waals surface area contributed by atoms with Crippen LogP contribution in [-0.4, -0.2) is 24.2 Å². The van der Waals surface area contributed by atoms with Crippen molar-refractivity contribution in [2.45, 2.75) is 32.4 Å². The van der Waals surface area contributed by atoms with Gasteiger partial charge >= 0.3 is 5.97 Å². The topological polar surface area (TPSA) is 58.6 Å². The number of hydrogen-bond donors (Lipinski definition) is 2. The highest BCUT2D eigenvalue weighted by atomic mass is 16.5. The van der Waals surface area contributed by atoms with Crippen LogP contribution in [0.4, 0.5) is 0 Å². The number of aryl methyl sites for hydroxylation is 1. The number of carbonyl (C=O) groups is 1. The van der Waals surface area contributed by atoms with Crippen molar-refractivity contribution in [1.82, 2.24) is 5.32 Å². The fourth-order valence-corrected chi connectivity index (χ4v) is 2.59. The minimum atomic E-state index is -1.30. The standard InChI is InChI=1S/C20H25NO3/c1-3-24-19(22)13-20(23,18-11-9-16(2)10-12-18)15-21-14-17-7-5-4-6-8-17/h4-12,21,23H,3,13-15H2,1-2H3. The molecule has 1 unspecified atom stereocenters. The Morgan fingerprint density at radius 3 is 2.42 bits per heavy atom. The lowest BCUT2D eigenvalue weighted by Crippen LogP contribution is -2.40. The van der Waals surface area contributed by atoms with Crippen LogP contribution in [0.5, 0.6) is 0 Å². The van der Waals surface area contributed by atoms with Gasteiger partial charge in [-0.15, -0.1) is 0 Å². The first kappa shape index (κ1) is 18.2. The van der Waals surface area contributed by atoms with Gasteiger partial charge in [0.1, 0.15) is 5.60 Å². The summed E-state index contributed by atoms with van der Waals surface area (Å²) in [5, 5.41) is 14.3. The van der Waals surface area contributed by atoms with E-state index in [4.69, 9.17) is 4.74 Å². The number of nitrogens with one attached hydrogen (secondary N) is 1. The zero-order valence-corrected chi connectivity index (χ0v) is 14.3. The van der Waals surface area contributed by atoms with Crippen molar-refractivity contribution in [3.63, 3.8) is 0 Å². The van der Waals surface area contributed by atoms with Crippen LogP contribution in [0.25, 0.3) is 0 Å². The Hall–Kier alpha value is -2.17. The number of ether oxygens (including phenoxy) is 1. The molecule has 0 radical (unpaired) electrons. The van der Waals surface area contributed by atoms with Gasteiger partial charge in [0.2, 0.25) is 0 Å². The van der Waals surface area contributed by atoms with Crippen LogP contribution in [0.15, 0.2) is 54.6 Å². The number of aliphatic hydroxyl groups is 1. The average molecular weight is 327 g/mol. The molecule has 2 N–H and O–H groups in total. The Kier molecular flexibility index (Phi) is 6.53. The summed E-state index contributed by atoms with van der Waals surface area (Å²) >= 11 is 0. The van der Waals surface area contributed by atoms with Crippen LogP contribution in [-0.2, 0) is 21.7 Å². The largest absolute Gasteiger partial charge is 0.466 e. The van der Waals surface area contributed by atoms with Crippen molar-refractivity contribution < 1.29 is 14.6 Å². The Labute approximate surface area is 143 Å². The third-order valence-corrected chi connectivity index (χ3v) is 3.92. The molecule has 0 saturated carbocycles. The lowest BCUT2D eigenvalue weighted by molar-refractivity contribution is -0.149. The molecule has 2 aromatic carbocycles. The van der Waals surface area contributed by atoms with E-state index in [1.165, 1.54) is 0 Å². The predicted octanol–water partition coefficient (Wildman–Crippen LogP) is 2.93. The van der Waals surface area contributed by atoms with Crippen molar-refractivity contribution in [3.05, 3.63) is 71.3 Å². The molecule has 4 nitrogen and oxygen atoms in total. The molecule has 128 valence electrons. The van der Waals surface area contributed by atoms with Gasteiger partial charge in [-0.2, -0.15) is 0 Å². The quantitative estimate of drug-likeness (QED) is 0.732. The van der Waals surface area contributed by atoms with Gasteiger partial charge in [0.05, 0.1) is 13.0 Å². The fourth-order valence-electron chi connectivity index (χ4n) is 2.59. The molecule has 0 heterocycles. The highest BCUT2D eigenvalue weighted by molar-refractivity contribution is 5.71. The molecule has 0 saturated heterocycles. The lowest BCUT2D eigenvalue weighted by atomic mass is 9.89. The monoisotopic (exact) mass is 327 g/mol. The Morgan fingerprint density at radius 2 is 1.79 bits per heavy atom. The molecular weight excluding hydrogens is 302 g/mol. The predicted molar refractivity (Wildman–Crippen MR) is 94.5 cm³/mol. The summed E-state index contributed by atoms with van der Waals surface area (Å²) in [6.07, 6.45) is -0.0777.